The van der Waals surface area contributed by atoms with E-state index in [1.165, 1.54) is 25.1 Å². The molecule has 0 radical (unpaired) electrons. The Labute approximate surface area is 95.9 Å². The van der Waals surface area contributed by atoms with Crippen molar-refractivity contribution in [2.24, 2.45) is 0 Å². The minimum absolute atomic E-state index is 0.0714. The van der Waals surface area contributed by atoms with Gasteiger partial charge in [0, 0.05) is 11.5 Å². The SMILES string of the molecule is CC(=O)c1cc2c(CO)cc(O)cc2oc1=O. The molecule has 0 atom stereocenters. The van der Waals surface area contributed by atoms with Crippen LogP contribution in [0.2, 0.25) is 0 Å². The summed E-state index contributed by atoms with van der Waals surface area (Å²) in [6, 6.07) is 3.99. The van der Waals surface area contributed by atoms with E-state index in [-0.39, 0.29) is 23.5 Å². The lowest BCUT2D eigenvalue weighted by Gasteiger charge is -2.05. The third-order valence-electron chi connectivity index (χ3n) is 2.47. The summed E-state index contributed by atoms with van der Waals surface area (Å²) in [5, 5.41) is 19.0. The summed E-state index contributed by atoms with van der Waals surface area (Å²) in [5.41, 5.74) is -0.285. The summed E-state index contributed by atoms with van der Waals surface area (Å²) in [5.74, 6) is -0.516. The van der Waals surface area contributed by atoms with Crippen molar-refractivity contribution in [1.29, 1.82) is 0 Å². The zero-order chi connectivity index (χ0) is 12.6. The van der Waals surface area contributed by atoms with E-state index < -0.39 is 11.4 Å². The summed E-state index contributed by atoms with van der Waals surface area (Å²) in [6.45, 7) is 0.938. The van der Waals surface area contributed by atoms with Crippen LogP contribution in [0.1, 0.15) is 22.8 Å². The number of phenols is 1. The van der Waals surface area contributed by atoms with E-state index >= 15 is 0 Å². The molecule has 0 aliphatic rings. The highest BCUT2D eigenvalue weighted by Gasteiger charge is 2.12. The minimum Gasteiger partial charge on any atom is -0.508 e. The number of ketones is 1. The number of hydrogen-bond donors (Lipinski definition) is 2. The number of aromatic hydroxyl groups is 1. The van der Waals surface area contributed by atoms with Crippen molar-refractivity contribution in [2.75, 3.05) is 0 Å². The first kappa shape index (κ1) is 11.3. The van der Waals surface area contributed by atoms with Gasteiger partial charge in [-0.25, -0.2) is 4.79 Å². The molecular formula is C12H10O5. The molecule has 2 N–H and O–H groups in total. The third-order valence-corrected chi connectivity index (χ3v) is 2.47. The predicted octanol–water partition coefficient (Wildman–Crippen LogP) is 1.19. The average molecular weight is 234 g/mol. The highest BCUT2D eigenvalue weighted by atomic mass is 16.4. The monoisotopic (exact) mass is 234 g/mol. The van der Waals surface area contributed by atoms with E-state index in [2.05, 4.69) is 0 Å². The van der Waals surface area contributed by atoms with Crippen LogP contribution in [0.25, 0.3) is 11.0 Å². The fourth-order valence-electron chi connectivity index (χ4n) is 1.65. The Morgan fingerprint density at radius 2 is 2.06 bits per heavy atom. The van der Waals surface area contributed by atoms with Crippen molar-refractivity contribution >= 4 is 16.8 Å². The lowest BCUT2D eigenvalue weighted by Crippen LogP contribution is -2.11. The Morgan fingerprint density at radius 1 is 1.35 bits per heavy atom. The summed E-state index contributed by atoms with van der Waals surface area (Å²) in [7, 11) is 0. The Bertz CT molecular complexity index is 654. The van der Waals surface area contributed by atoms with Gasteiger partial charge in [0.05, 0.1) is 6.61 Å². The molecule has 1 aromatic carbocycles. The van der Waals surface area contributed by atoms with Crippen LogP contribution in [-0.4, -0.2) is 16.0 Å². The van der Waals surface area contributed by atoms with Gasteiger partial charge in [0.2, 0.25) is 0 Å². The van der Waals surface area contributed by atoms with Crippen LogP contribution in [-0.2, 0) is 6.61 Å². The van der Waals surface area contributed by atoms with Gasteiger partial charge in [-0.05, 0) is 24.6 Å². The molecule has 5 nitrogen and oxygen atoms in total. The first-order valence-electron chi connectivity index (χ1n) is 4.94. The van der Waals surface area contributed by atoms with Crippen LogP contribution >= 0.6 is 0 Å². The van der Waals surface area contributed by atoms with Gasteiger partial charge in [0.25, 0.3) is 0 Å². The number of carbonyl (C=O) groups is 1. The second-order valence-electron chi connectivity index (χ2n) is 3.68. The molecule has 0 fully saturated rings. The smallest absolute Gasteiger partial charge is 0.347 e. The van der Waals surface area contributed by atoms with Gasteiger partial charge in [-0.3, -0.25) is 4.79 Å². The summed E-state index contributed by atoms with van der Waals surface area (Å²) in [4.78, 5) is 22.7. The van der Waals surface area contributed by atoms with Crippen LogP contribution in [0, 0.1) is 0 Å². The van der Waals surface area contributed by atoms with Crippen molar-refractivity contribution in [3.8, 4) is 5.75 Å². The van der Waals surface area contributed by atoms with Crippen LogP contribution in [0.3, 0.4) is 0 Å². The molecule has 2 rings (SSSR count). The molecule has 1 aromatic heterocycles. The number of hydrogen-bond acceptors (Lipinski definition) is 5. The van der Waals surface area contributed by atoms with E-state index in [1.54, 1.807) is 0 Å². The minimum atomic E-state index is -0.750. The zero-order valence-electron chi connectivity index (χ0n) is 9.06. The van der Waals surface area contributed by atoms with Gasteiger partial charge < -0.3 is 14.6 Å². The molecule has 0 aliphatic heterocycles. The van der Waals surface area contributed by atoms with Crippen LogP contribution in [0.5, 0.6) is 5.75 Å². The van der Waals surface area contributed by atoms with Crippen molar-refractivity contribution in [3.05, 3.63) is 39.7 Å². The molecule has 0 aliphatic carbocycles. The van der Waals surface area contributed by atoms with Gasteiger partial charge in [0.15, 0.2) is 5.78 Å². The standard InChI is InChI=1S/C12H10O5/c1-6(14)9-4-10-7(5-13)2-8(15)3-11(10)17-12(9)16/h2-4,13,15H,5H2,1H3. The lowest BCUT2D eigenvalue weighted by molar-refractivity contribution is 0.101. The molecule has 0 saturated heterocycles. The Morgan fingerprint density at radius 3 is 2.65 bits per heavy atom. The Kier molecular flexibility index (Phi) is 2.69. The fourth-order valence-corrected chi connectivity index (χ4v) is 1.65. The zero-order valence-corrected chi connectivity index (χ0v) is 9.06. The normalized spacial score (nSPS) is 10.7. The molecule has 88 valence electrons. The number of fused-ring (bicyclic) bond motifs is 1. The quantitative estimate of drug-likeness (QED) is 0.602. The predicted molar refractivity (Wildman–Crippen MR) is 60.1 cm³/mol. The summed E-state index contributed by atoms with van der Waals surface area (Å²) < 4.78 is 4.93. The van der Waals surface area contributed by atoms with Crippen molar-refractivity contribution in [3.63, 3.8) is 0 Å². The topological polar surface area (TPSA) is 87.7 Å². The van der Waals surface area contributed by atoms with E-state index in [0.717, 1.165) is 0 Å². The number of aliphatic hydroxyl groups excluding tert-OH is 1. The molecule has 0 bridgehead atoms. The van der Waals surface area contributed by atoms with Gasteiger partial charge in [-0.15, -0.1) is 0 Å². The van der Waals surface area contributed by atoms with E-state index in [1.807, 2.05) is 0 Å². The molecule has 5 heteroatoms. The molecule has 0 unspecified atom stereocenters. The molecular weight excluding hydrogens is 224 g/mol. The summed E-state index contributed by atoms with van der Waals surface area (Å²) in [6.07, 6.45) is 0. The van der Waals surface area contributed by atoms with Gasteiger partial charge in [0.1, 0.15) is 16.9 Å². The van der Waals surface area contributed by atoms with Crippen molar-refractivity contribution in [1.82, 2.24) is 0 Å². The number of phenolic OH excluding ortho intramolecular Hbond substituents is 1. The van der Waals surface area contributed by atoms with E-state index in [4.69, 9.17) is 9.52 Å². The molecule has 0 saturated carbocycles. The number of carbonyl (C=O) groups excluding carboxylic acids is 1. The number of Topliss-reactive ketones (excluding diaryl/α,β-unsaturated/α-hetero) is 1. The third kappa shape index (κ3) is 1.92. The first-order valence-corrected chi connectivity index (χ1v) is 4.94. The van der Waals surface area contributed by atoms with Crippen LogP contribution < -0.4 is 5.63 Å². The van der Waals surface area contributed by atoms with Gasteiger partial charge >= 0.3 is 5.63 Å². The second kappa shape index (κ2) is 4.03. The van der Waals surface area contributed by atoms with Gasteiger partial charge in [-0.1, -0.05) is 0 Å². The highest BCUT2D eigenvalue weighted by molar-refractivity contribution is 5.97. The number of rotatable bonds is 2. The van der Waals surface area contributed by atoms with Crippen LogP contribution in [0.4, 0.5) is 0 Å². The van der Waals surface area contributed by atoms with E-state index in [9.17, 15) is 14.7 Å². The number of benzene rings is 1. The second-order valence-corrected chi connectivity index (χ2v) is 3.68. The molecule has 1 heterocycles. The summed E-state index contributed by atoms with van der Waals surface area (Å²) >= 11 is 0. The molecule has 0 spiro atoms. The largest absolute Gasteiger partial charge is 0.508 e. The maximum absolute atomic E-state index is 11.5. The van der Waals surface area contributed by atoms with Crippen LogP contribution in [0.15, 0.2) is 27.4 Å². The van der Waals surface area contributed by atoms with Crippen molar-refractivity contribution < 1.29 is 19.4 Å². The maximum Gasteiger partial charge on any atom is 0.347 e. The average Bonchev–Trinajstić information content (AvgIpc) is 2.26. The Hall–Kier alpha value is -2.14. The Balaban J connectivity index is 2.88. The molecule has 2 aromatic rings. The number of aliphatic hydroxyl groups is 1. The lowest BCUT2D eigenvalue weighted by atomic mass is 10.1. The maximum atomic E-state index is 11.5. The van der Waals surface area contributed by atoms with Gasteiger partial charge in [-0.2, -0.15) is 0 Å². The first-order chi connectivity index (χ1) is 8.02. The fraction of sp³-hybridized carbons (Fsp3) is 0.167. The molecule has 0 amide bonds. The highest BCUT2D eigenvalue weighted by Crippen LogP contribution is 2.24. The molecule has 17 heavy (non-hydrogen) atoms. The van der Waals surface area contributed by atoms with Crippen molar-refractivity contribution in [2.45, 2.75) is 13.5 Å². The van der Waals surface area contributed by atoms with E-state index in [0.29, 0.717) is 10.9 Å².